The van der Waals surface area contributed by atoms with Crippen LogP contribution in [0.5, 0.6) is 0 Å². The fraction of sp³-hybridized carbons (Fsp3) is 0.333. The number of rotatable bonds is 2. The second-order valence-corrected chi connectivity index (χ2v) is 5.04. The molecule has 16 heavy (non-hydrogen) atoms. The van der Waals surface area contributed by atoms with Gasteiger partial charge in [0.25, 0.3) is 0 Å². The quantitative estimate of drug-likeness (QED) is 0.796. The van der Waals surface area contributed by atoms with Crippen molar-refractivity contribution >= 4 is 11.3 Å². The van der Waals surface area contributed by atoms with E-state index in [1.807, 2.05) is 38.3 Å². The number of hydrogen-bond donors (Lipinski definition) is 0. The summed E-state index contributed by atoms with van der Waals surface area (Å²) >= 11 is 1.50. The molecule has 2 rings (SSSR count). The van der Waals surface area contributed by atoms with Gasteiger partial charge in [0.1, 0.15) is 5.76 Å². The molecule has 0 saturated heterocycles. The van der Waals surface area contributed by atoms with Crippen molar-refractivity contribution in [2.24, 2.45) is 0 Å². The number of hydrogen-bond acceptors (Lipinski definition) is 4. The average Bonchev–Trinajstić information content (AvgIpc) is 2.85. The lowest BCUT2D eigenvalue weighted by atomic mass is 9.92. The van der Waals surface area contributed by atoms with E-state index in [4.69, 9.17) is 9.68 Å². The van der Waals surface area contributed by atoms with Crippen LogP contribution in [-0.4, -0.2) is 4.98 Å². The number of aryl methyl sites for hydroxylation is 1. The molecule has 0 unspecified atom stereocenters. The third kappa shape index (κ3) is 1.86. The highest BCUT2D eigenvalue weighted by Crippen LogP contribution is 2.30. The third-order valence-corrected chi connectivity index (χ3v) is 3.23. The summed E-state index contributed by atoms with van der Waals surface area (Å²) in [5.74, 6) is 1.63. The fourth-order valence-corrected chi connectivity index (χ4v) is 2.23. The Kier molecular flexibility index (Phi) is 2.56. The van der Waals surface area contributed by atoms with Crippen LogP contribution in [0.4, 0.5) is 0 Å². The molecule has 2 aromatic rings. The molecule has 3 nitrogen and oxygen atoms in total. The Balaban J connectivity index is 2.38. The van der Waals surface area contributed by atoms with E-state index in [-0.39, 0.29) is 0 Å². The fourth-order valence-electron chi connectivity index (χ4n) is 1.28. The Morgan fingerprint density at radius 1 is 1.44 bits per heavy atom. The first-order valence-corrected chi connectivity index (χ1v) is 5.85. The topological polar surface area (TPSA) is 49.8 Å². The number of nitrogens with zero attached hydrogens (tertiary/aromatic N) is 2. The smallest absolute Gasteiger partial charge is 0.162 e. The molecule has 0 saturated carbocycles. The van der Waals surface area contributed by atoms with Gasteiger partial charge in [-0.3, -0.25) is 0 Å². The van der Waals surface area contributed by atoms with E-state index < -0.39 is 5.41 Å². The van der Waals surface area contributed by atoms with Gasteiger partial charge in [-0.15, -0.1) is 11.3 Å². The molecule has 0 fully saturated rings. The Morgan fingerprint density at radius 3 is 2.75 bits per heavy atom. The second-order valence-electron chi connectivity index (χ2n) is 4.18. The van der Waals surface area contributed by atoms with Crippen molar-refractivity contribution in [3.8, 4) is 16.8 Å². The minimum absolute atomic E-state index is 0.545. The zero-order chi connectivity index (χ0) is 11.8. The van der Waals surface area contributed by atoms with Gasteiger partial charge in [-0.25, -0.2) is 4.98 Å². The Bertz CT molecular complexity index is 545. The van der Waals surface area contributed by atoms with E-state index in [1.54, 1.807) is 0 Å². The van der Waals surface area contributed by atoms with Gasteiger partial charge in [0, 0.05) is 5.38 Å². The average molecular weight is 232 g/mol. The Morgan fingerprint density at radius 2 is 2.19 bits per heavy atom. The summed E-state index contributed by atoms with van der Waals surface area (Å²) < 4.78 is 5.49. The first-order chi connectivity index (χ1) is 7.53. The molecular weight excluding hydrogens is 220 g/mol. The Hall–Kier alpha value is -1.60. The van der Waals surface area contributed by atoms with Gasteiger partial charge in [0.05, 0.1) is 17.2 Å². The maximum absolute atomic E-state index is 9.02. The molecule has 0 aliphatic heterocycles. The van der Waals surface area contributed by atoms with Gasteiger partial charge < -0.3 is 4.42 Å². The third-order valence-electron chi connectivity index (χ3n) is 2.38. The van der Waals surface area contributed by atoms with Crippen molar-refractivity contribution in [1.29, 1.82) is 5.26 Å². The van der Waals surface area contributed by atoms with Crippen LogP contribution in [0.15, 0.2) is 21.9 Å². The number of furan rings is 1. The number of thiazole rings is 1. The predicted molar refractivity (Wildman–Crippen MR) is 63.2 cm³/mol. The molecule has 0 aliphatic carbocycles. The molecule has 0 radical (unpaired) electrons. The first kappa shape index (κ1) is 10.9. The molecule has 4 heteroatoms. The van der Waals surface area contributed by atoms with Crippen molar-refractivity contribution < 1.29 is 4.42 Å². The summed E-state index contributed by atoms with van der Waals surface area (Å²) in [7, 11) is 0. The highest BCUT2D eigenvalue weighted by atomic mass is 32.1. The number of aromatic nitrogens is 1. The van der Waals surface area contributed by atoms with Crippen LogP contribution in [0.1, 0.15) is 25.3 Å². The molecule has 0 aliphatic rings. The van der Waals surface area contributed by atoms with E-state index >= 15 is 0 Å². The summed E-state index contributed by atoms with van der Waals surface area (Å²) in [5, 5.41) is 11.8. The molecule has 0 N–H and O–H groups in total. The molecule has 0 atom stereocenters. The zero-order valence-corrected chi connectivity index (χ0v) is 10.3. The summed E-state index contributed by atoms with van der Waals surface area (Å²) in [6.45, 7) is 5.62. The minimum Gasteiger partial charge on any atom is -0.459 e. The normalized spacial score (nSPS) is 11.4. The highest BCUT2D eigenvalue weighted by molar-refractivity contribution is 7.13. The van der Waals surface area contributed by atoms with E-state index in [0.29, 0.717) is 0 Å². The van der Waals surface area contributed by atoms with Crippen molar-refractivity contribution in [3.05, 3.63) is 29.0 Å². The van der Waals surface area contributed by atoms with Gasteiger partial charge in [0.15, 0.2) is 10.8 Å². The van der Waals surface area contributed by atoms with Gasteiger partial charge in [-0.2, -0.15) is 5.26 Å². The molecule has 0 amide bonds. The minimum atomic E-state index is -0.545. The van der Waals surface area contributed by atoms with E-state index in [9.17, 15) is 0 Å². The maximum atomic E-state index is 9.02. The van der Waals surface area contributed by atoms with E-state index in [1.165, 1.54) is 11.3 Å². The number of nitriles is 1. The van der Waals surface area contributed by atoms with Crippen molar-refractivity contribution in [2.45, 2.75) is 26.2 Å². The molecule has 2 heterocycles. The van der Waals surface area contributed by atoms with Gasteiger partial charge in [0.2, 0.25) is 0 Å². The zero-order valence-electron chi connectivity index (χ0n) is 9.44. The van der Waals surface area contributed by atoms with Crippen molar-refractivity contribution in [3.63, 3.8) is 0 Å². The lowest BCUT2D eigenvalue weighted by Crippen LogP contribution is -2.14. The summed E-state index contributed by atoms with van der Waals surface area (Å²) in [5.41, 5.74) is 0.250. The van der Waals surface area contributed by atoms with Crippen LogP contribution in [0.2, 0.25) is 0 Å². The maximum Gasteiger partial charge on any atom is 0.162 e. The van der Waals surface area contributed by atoms with E-state index in [2.05, 4.69) is 11.1 Å². The molecule has 2 aromatic heterocycles. The summed E-state index contributed by atoms with van der Waals surface area (Å²) in [4.78, 5) is 4.44. The van der Waals surface area contributed by atoms with Gasteiger partial charge in [-0.1, -0.05) is 0 Å². The van der Waals surface area contributed by atoms with Gasteiger partial charge in [-0.05, 0) is 32.9 Å². The van der Waals surface area contributed by atoms with Crippen LogP contribution in [-0.2, 0) is 5.41 Å². The summed E-state index contributed by atoms with van der Waals surface area (Å²) in [6.07, 6.45) is 0. The van der Waals surface area contributed by atoms with E-state index in [0.717, 1.165) is 22.2 Å². The van der Waals surface area contributed by atoms with Crippen LogP contribution < -0.4 is 0 Å². The van der Waals surface area contributed by atoms with Crippen LogP contribution in [0, 0.1) is 18.3 Å². The Labute approximate surface area is 98.4 Å². The SMILES string of the molecule is Cc1ccc(-c2nc(C(C)(C)C#N)cs2)o1. The molecular formula is C12H12N2OS. The highest BCUT2D eigenvalue weighted by Gasteiger charge is 2.23. The van der Waals surface area contributed by atoms with Crippen LogP contribution >= 0.6 is 11.3 Å². The van der Waals surface area contributed by atoms with Crippen LogP contribution in [0.25, 0.3) is 10.8 Å². The van der Waals surface area contributed by atoms with Gasteiger partial charge >= 0.3 is 0 Å². The molecule has 82 valence electrons. The monoisotopic (exact) mass is 232 g/mol. The lowest BCUT2D eigenvalue weighted by molar-refractivity contribution is 0.547. The second kappa shape index (κ2) is 3.76. The summed E-state index contributed by atoms with van der Waals surface area (Å²) in [6, 6.07) is 6.05. The standard InChI is InChI=1S/C12H12N2OS/c1-8-4-5-9(15-8)11-14-10(6-16-11)12(2,3)7-13/h4-6H,1-3H3. The largest absolute Gasteiger partial charge is 0.459 e. The van der Waals surface area contributed by atoms with Crippen molar-refractivity contribution in [1.82, 2.24) is 4.98 Å². The van der Waals surface area contributed by atoms with Crippen LogP contribution in [0.3, 0.4) is 0 Å². The first-order valence-electron chi connectivity index (χ1n) is 4.97. The molecule has 0 aromatic carbocycles. The molecule has 0 bridgehead atoms. The predicted octanol–water partition coefficient (Wildman–Crippen LogP) is 3.51. The lowest BCUT2D eigenvalue weighted by Gasteiger charge is -2.10. The molecule has 0 spiro atoms. The van der Waals surface area contributed by atoms with Crippen molar-refractivity contribution in [2.75, 3.05) is 0 Å².